The number of hydrogen-bond donors (Lipinski definition) is 0. The fraction of sp³-hybridized carbons (Fsp3) is 0.562. The van der Waals surface area contributed by atoms with E-state index in [1.54, 1.807) is 0 Å². The Labute approximate surface area is 109 Å². The quantitative estimate of drug-likeness (QED) is 0.585. The van der Waals surface area contributed by atoms with Crippen molar-refractivity contribution < 1.29 is 9.53 Å². The Morgan fingerprint density at radius 1 is 1.33 bits per heavy atom. The maximum atomic E-state index is 11.8. The van der Waals surface area contributed by atoms with Gasteiger partial charge in [-0.3, -0.25) is 4.79 Å². The van der Waals surface area contributed by atoms with Gasteiger partial charge in [-0.05, 0) is 41.9 Å². The van der Waals surface area contributed by atoms with Crippen LogP contribution in [-0.4, -0.2) is 5.97 Å². The minimum Gasteiger partial charge on any atom is -0.426 e. The van der Waals surface area contributed by atoms with E-state index in [0.717, 1.165) is 12.0 Å². The van der Waals surface area contributed by atoms with E-state index in [1.165, 1.54) is 5.56 Å². The maximum absolute atomic E-state index is 11.8. The normalized spacial score (nSPS) is 22.7. The smallest absolute Gasteiger partial charge is 0.314 e. The first-order valence-corrected chi connectivity index (χ1v) is 6.62. The second kappa shape index (κ2) is 4.42. The highest BCUT2D eigenvalue weighted by atomic mass is 16.5. The topological polar surface area (TPSA) is 26.3 Å². The van der Waals surface area contributed by atoms with E-state index in [9.17, 15) is 4.79 Å². The Morgan fingerprint density at radius 2 is 1.94 bits per heavy atom. The summed E-state index contributed by atoms with van der Waals surface area (Å²) in [6, 6.07) is 6.08. The summed E-state index contributed by atoms with van der Waals surface area (Å²) >= 11 is 0. The van der Waals surface area contributed by atoms with E-state index in [-0.39, 0.29) is 17.3 Å². The molecular weight excluding hydrogens is 224 g/mol. The molecule has 0 N–H and O–H groups in total. The maximum Gasteiger partial charge on any atom is 0.314 e. The zero-order valence-corrected chi connectivity index (χ0v) is 11.9. The summed E-state index contributed by atoms with van der Waals surface area (Å²) in [5.74, 6) is 1.24. The number of esters is 1. The van der Waals surface area contributed by atoms with Gasteiger partial charge in [0.05, 0.1) is 5.92 Å². The number of carbonyl (C=O) groups excluding carboxylic acids is 1. The molecule has 0 saturated heterocycles. The highest BCUT2D eigenvalue weighted by Gasteiger charge is 2.40. The Balaban J connectivity index is 2.13. The standard InChI is InChI=1S/C16H22O2/c1-10-9-13(10)15(17)18-14-7-6-12(8-11(14)2)16(3,4)5/h6-8,10,13H,9H2,1-5H3. The third-order valence-corrected chi connectivity index (χ3v) is 3.66. The van der Waals surface area contributed by atoms with Crippen molar-refractivity contribution in [3.05, 3.63) is 29.3 Å². The molecule has 0 heterocycles. The molecule has 0 aromatic heterocycles. The van der Waals surface area contributed by atoms with E-state index < -0.39 is 0 Å². The van der Waals surface area contributed by atoms with Crippen LogP contribution in [0, 0.1) is 18.8 Å². The second-order valence-electron chi connectivity index (χ2n) is 6.47. The molecule has 1 aliphatic carbocycles. The third kappa shape index (κ3) is 2.74. The first kappa shape index (κ1) is 13.1. The molecule has 18 heavy (non-hydrogen) atoms. The molecule has 1 fully saturated rings. The van der Waals surface area contributed by atoms with Crippen molar-refractivity contribution in [2.45, 2.75) is 46.5 Å². The van der Waals surface area contributed by atoms with E-state index in [4.69, 9.17) is 4.74 Å². The van der Waals surface area contributed by atoms with Crippen molar-refractivity contribution in [2.75, 3.05) is 0 Å². The molecule has 2 nitrogen and oxygen atoms in total. The Hall–Kier alpha value is -1.31. The highest BCUT2D eigenvalue weighted by Crippen LogP contribution is 2.39. The number of hydrogen-bond acceptors (Lipinski definition) is 2. The molecule has 2 atom stereocenters. The van der Waals surface area contributed by atoms with Crippen molar-refractivity contribution in [3.63, 3.8) is 0 Å². The van der Waals surface area contributed by atoms with Gasteiger partial charge in [0, 0.05) is 0 Å². The van der Waals surface area contributed by atoms with Crippen LogP contribution in [0.1, 0.15) is 45.2 Å². The van der Waals surface area contributed by atoms with Gasteiger partial charge >= 0.3 is 5.97 Å². The lowest BCUT2D eigenvalue weighted by Gasteiger charge is -2.20. The molecule has 0 spiro atoms. The Morgan fingerprint density at radius 3 is 2.39 bits per heavy atom. The van der Waals surface area contributed by atoms with Gasteiger partial charge in [-0.1, -0.05) is 39.8 Å². The zero-order valence-electron chi connectivity index (χ0n) is 11.9. The van der Waals surface area contributed by atoms with Gasteiger partial charge in [-0.2, -0.15) is 0 Å². The van der Waals surface area contributed by atoms with Crippen LogP contribution in [0.25, 0.3) is 0 Å². The monoisotopic (exact) mass is 246 g/mol. The second-order valence-corrected chi connectivity index (χ2v) is 6.47. The van der Waals surface area contributed by atoms with Crippen LogP contribution in [-0.2, 0) is 10.2 Å². The number of rotatable bonds is 2. The minimum atomic E-state index is -0.0749. The molecule has 0 radical (unpaired) electrons. The van der Waals surface area contributed by atoms with Crippen LogP contribution in [0.2, 0.25) is 0 Å². The number of carbonyl (C=O) groups is 1. The summed E-state index contributed by atoms with van der Waals surface area (Å²) in [6.45, 7) is 10.6. The molecule has 0 amide bonds. The average molecular weight is 246 g/mol. The fourth-order valence-corrected chi connectivity index (χ4v) is 2.06. The predicted octanol–water partition coefficient (Wildman–Crippen LogP) is 3.85. The molecule has 1 aromatic rings. The summed E-state index contributed by atoms with van der Waals surface area (Å²) < 4.78 is 5.47. The van der Waals surface area contributed by atoms with Gasteiger partial charge in [0.1, 0.15) is 5.75 Å². The largest absolute Gasteiger partial charge is 0.426 e. The van der Waals surface area contributed by atoms with Gasteiger partial charge in [0.25, 0.3) is 0 Å². The summed E-state index contributed by atoms with van der Waals surface area (Å²) in [7, 11) is 0. The van der Waals surface area contributed by atoms with Crippen molar-refractivity contribution >= 4 is 5.97 Å². The van der Waals surface area contributed by atoms with Crippen LogP contribution in [0.3, 0.4) is 0 Å². The highest BCUT2D eigenvalue weighted by molar-refractivity contribution is 5.78. The molecule has 1 aliphatic rings. The lowest BCUT2D eigenvalue weighted by Crippen LogP contribution is -2.14. The first-order chi connectivity index (χ1) is 8.29. The Bertz CT molecular complexity index is 468. The van der Waals surface area contributed by atoms with Crippen LogP contribution in [0.15, 0.2) is 18.2 Å². The van der Waals surface area contributed by atoms with Gasteiger partial charge in [-0.25, -0.2) is 0 Å². The van der Waals surface area contributed by atoms with Gasteiger partial charge in [0.2, 0.25) is 0 Å². The van der Waals surface area contributed by atoms with Crippen LogP contribution < -0.4 is 4.74 Å². The summed E-state index contributed by atoms with van der Waals surface area (Å²) in [5, 5.41) is 0. The third-order valence-electron chi connectivity index (χ3n) is 3.66. The number of benzene rings is 1. The molecule has 2 rings (SSSR count). The summed E-state index contributed by atoms with van der Waals surface area (Å²) in [5.41, 5.74) is 2.42. The number of ether oxygens (including phenoxy) is 1. The fourth-order valence-electron chi connectivity index (χ4n) is 2.06. The van der Waals surface area contributed by atoms with Crippen LogP contribution in [0.4, 0.5) is 0 Å². The molecule has 1 aromatic carbocycles. The first-order valence-electron chi connectivity index (χ1n) is 6.62. The van der Waals surface area contributed by atoms with Crippen LogP contribution in [0.5, 0.6) is 5.75 Å². The SMILES string of the molecule is Cc1cc(C(C)(C)C)ccc1OC(=O)C1CC1C. The average Bonchev–Trinajstić information content (AvgIpc) is 2.97. The van der Waals surface area contributed by atoms with E-state index in [0.29, 0.717) is 11.7 Å². The minimum absolute atomic E-state index is 0.0749. The predicted molar refractivity (Wildman–Crippen MR) is 72.8 cm³/mol. The summed E-state index contributed by atoms with van der Waals surface area (Å²) in [4.78, 5) is 11.8. The molecule has 2 heteroatoms. The van der Waals surface area contributed by atoms with Crippen LogP contribution >= 0.6 is 0 Å². The van der Waals surface area contributed by atoms with Gasteiger partial charge in [0.15, 0.2) is 0 Å². The van der Waals surface area contributed by atoms with E-state index in [2.05, 4.69) is 33.8 Å². The van der Waals surface area contributed by atoms with Crippen molar-refractivity contribution in [2.24, 2.45) is 11.8 Å². The van der Waals surface area contributed by atoms with Gasteiger partial charge < -0.3 is 4.74 Å². The van der Waals surface area contributed by atoms with E-state index >= 15 is 0 Å². The van der Waals surface area contributed by atoms with Crippen molar-refractivity contribution in [3.8, 4) is 5.75 Å². The molecule has 98 valence electrons. The van der Waals surface area contributed by atoms with E-state index in [1.807, 2.05) is 19.1 Å². The van der Waals surface area contributed by atoms with Crippen molar-refractivity contribution in [1.29, 1.82) is 0 Å². The molecule has 0 bridgehead atoms. The molecular formula is C16H22O2. The zero-order chi connectivity index (χ0) is 13.5. The molecule has 2 unspecified atom stereocenters. The Kier molecular flexibility index (Phi) is 3.22. The molecule has 1 saturated carbocycles. The lowest BCUT2D eigenvalue weighted by atomic mass is 9.86. The van der Waals surface area contributed by atoms with Crippen molar-refractivity contribution in [1.82, 2.24) is 0 Å². The lowest BCUT2D eigenvalue weighted by molar-refractivity contribution is -0.136. The van der Waals surface area contributed by atoms with Gasteiger partial charge in [-0.15, -0.1) is 0 Å². The molecule has 0 aliphatic heterocycles. The summed E-state index contributed by atoms with van der Waals surface area (Å²) in [6.07, 6.45) is 0.970. The number of aryl methyl sites for hydroxylation is 1.